The Bertz CT molecular complexity index is 348. The lowest BCUT2D eigenvalue weighted by molar-refractivity contribution is 0.0374. The summed E-state index contributed by atoms with van der Waals surface area (Å²) in [5.74, 6) is 0.987. The molecule has 100 valence electrons. The van der Waals surface area contributed by atoms with E-state index < -0.39 is 0 Å². The van der Waals surface area contributed by atoms with Gasteiger partial charge < -0.3 is 9.47 Å². The Morgan fingerprint density at radius 3 is 2.89 bits per heavy atom. The van der Waals surface area contributed by atoms with Gasteiger partial charge in [0.25, 0.3) is 0 Å². The lowest BCUT2D eigenvalue weighted by atomic mass is 10.1. The zero-order valence-corrected chi connectivity index (χ0v) is 11.2. The van der Waals surface area contributed by atoms with Crippen molar-refractivity contribution in [2.24, 2.45) is 0 Å². The summed E-state index contributed by atoms with van der Waals surface area (Å²) in [4.78, 5) is 2.48. The molecule has 3 nitrogen and oxygen atoms in total. The molecule has 18 heavy (non-hydrogen) atoms. The van der Waals surface area contributed by atoms with Crippen molar-refractivity contribution in [1.29, 1.82) is 0 Å². The van der Waals surface area contributed by atoms with Crippen molar-refractivity contribution in [2.75, 3.05) is 39.5 Å². The molecular weight excluding hydrogens is 226 g/mol. The number of rotatable bonds is 6. The number of ether oxygens (including phenoxy) is 2. The van der Waals surface area contributed by atoms with Gasteiger partial charge in [0.05, 0.1) is 19.8 Å². The average molecular weight is 249 g/mol. The molecule has 0 spiro atoms. The van der Waals surface area contributed by atoms with E-state index in [2.05, 4.69) is 23.1 Å². The highest BCUT2D eigenvalue weighted by molar-refractivity contribution is 5.28. The molecule has 1 aromatic rings. The van der Waals surface area contributed by atoms with Gasteiger partial charge in [-0.05, 0) is 44.0 Å². The largest absolute Gasteiger partial charge is 0.494 e. The SMILES string of the molecule is CCOc1cccc(CCCN2CCOCC2)c1. The summed E-state index contributed by atoms with van der Waals surface area (Å²) in [6, 6.07) is 8.44. The molecule has 1 heterocycles. The third kappa shape index (κ3) is 4.31. The van der Waals surface area contributed by atoms with Crippen LogP contribution in [0.2, 0.25) is 0 Å². The third-order valence-corrected chi connectivity index (χ3v) is 3.25. The summed E-state index contributed by atoms with van der Waals surface area (Å²) < 4.78 is 10.9. The van der Waals surface area contributed by atoms with Gasteiger partial charge in [0.15, 0.2) is 0 Å². The molecule has 1 saturated heterocycles. The lowest BCUT2D eigenvalue weighted by Crippen LogP contribution is -2.36. The highest BCUT2D eigenvalue weighted by atomic mass is 16.5. The number of hydrogen-bond acceptors (Lipinski definition) is 3. The summed E-state index contributed by atoms with van der Waals surface area (Å²) in [5, 5.41) is 0. The van der Waals surface area contributed by atoms with Gasteiger partial charge in [0.1, 0.15) is 5.75 Å². The Balaban J connectivity index is 1.73. The minimum Gasteiger partial charge on any atom is -0.494 e. The number of hydrogen-bond donors (Lipinski definition) is 0. The normalized spacial score (nSPS) is 16.7. The van der Waals surface area contributed by atoms with Crippen LogP contribution in [0.15, 0.2) is 24.3 Å². The summed E-state index contributed by atoms with van der Waals surface area (Å²) >= 11 is 0. The van der Waals surface area contributed by atoms with Crippen molar-refractivity contribution in [3.05, 3.63) is 29.8 Å². The predicted molar refractivity (Wildman–Crippen MR) is 73.2 cm³/mol. The Morgan fingerprint density at radius 2 is 2.11 bits per heavy atom. The van der Waals surface area contributed by atoms with Gasteiger partial charge in [-0.15, -0.1) is 0 Å². The van der Waals surface area contributed by atoms with E-state index in [-0.39, 0.29) is 0 Å². The van der Waals surface area contributed by atoms with Crippen molar-refractivity contribution in [3.63, 3.8) is 0 Å². The molecule has 3 heteroatoms. The molecule has 0 unspecified atom stereocenters. The zero-order valence-electron chi connectivity index (χ0n) is 11.2. The summed E-state index contributed by atoms with van der Waals surface area (Å²) in [7, 11) is 0. The van der Waals surface area contributed by atoms with Gasteiger partial charge in [-0.1, -0.05) is 12.1 Å². The van der Waals surface area contributed by atoms with Crippen LogP contribution in [0, 0.1) is 0 Å². The van der Waals surface area contributed by atoms with E-state index in [9.17, 15) is 0 Å². The van der Waals surface area contributed by atoms with E-state index in [1.165, 1.54) is 18.5 Å². The number of morpholine rings is 1. The molecule has 0 aliphatic carbocycles. The van der Waals surface area contributed by atoms with Crippen molar-refractivity contribution in [3.8, 4) is 5.75 Å². The quantitative estimate of drug-likeness (QED) is 0.772. The first-order valence-corrected chi connectivity index (χ1v) is 6.90. The number of aryl methyl sites for hydroxylation is 1. The van der Waals surface area contributed by atoms with Crippen LogP contribution in [0.4, 0.5) is 0 Å². The second-order valence-electron chi connectivity index (χ2n) is 4.64. The van der Waals surface area contributed by atoms with E-state index in [4.69, 9.17) is 9.47 Å². The molecule has 1 aromatic carbocycles. The van der Waals surface area contributed by atoms with Crippen LogP contribution in [0.3, 0.4) is 0 Å². The highest BCUT2D eigenvalue weighted by Crippen LogP contribution is 2.14. The van der Waals surface area contributed by atoms with Crippen LogP contribution >= 0.6 is 0 Å². The van der Waals surface area contributed by atoms with Crippen molar-refractivity contribution >= 4 is 0 Å². The molecule has 0 bridgehead atoms. The maximum absolute atomic E-state index is 5.52. The van der Waals surface area contributed by atoms with Gasteiger partial charge in [0.2, 0.25) is 0 Å². The van der Waals surface area contributed by atoms with Crippen molar-refractivity contribution in [1.82, 2.24) is 4.90 Å². The van der Waals surface area contributed by atoms with E-state index in [1.807, 2.05) is 13.0 Å². The molecule has 1 aliphatic rings. The molecular formula is C15H23NO2. The Labute approximate surface area is 110 Å². The second-order valence-corrected chi connectivity index (χ2v) is 4.64. The summed E-state index contributed by atoms with van der Waals surface area (Å²) in [6.45, 7) is 7.86. The van der Waals surface area contributed by atoms with E-state index >= 15 is 0 Å². The van der Waals surface area contributed by atoms with Gasteiger partial charge >= 0.3 is 0 Å². The molecule has 1 fully saturated rings. The third-order valence-electron chi connectivity index (χ3n) is 3.25. The lowest BCUT2D eigenvalue weighted by Gasteiger charge is -2.26. The zero-order chi connectivity index (χ0) is 12.6. The maximum atomic E-state index is 5.52. The van der Waals surface area contributed by atoms with Crippen LogP contribution in [-0.2, 0) is 11.2 Å². The average Bonchev–Trinajstić information content (AvgIpc) is 2.41. The molecule has 1 aliphatic heterocycles. The Kier molecular flexibility index (Phi) is 5.49. The minimum atomic E-state index is 0.733. The van der Waals surface area contributed by atoms with Crippen LogP contribution < -0.4 is 4.74 Å². The van der Waals surface area contributed by atoms with E-state index in [0.717, 1.165) is 45.1 Å². The minimum absolute atomic E-state index is 0.733. The van der Waals surface area contributed by atoms with Crippen LogP contribution in [-0.4, -0.2) is 44.4 Å². The summed E-state index contributed by atoms with van der Waals surface area (Å²) in [6.07, 6.45) is 2.33. The smallest absolute Gasteiger partial charge is 0.119 e. The van der Waals surface area contributed by atoms with E-state index in [0.29, 0.717) is 0 Å². The first-order valence-electron chi connectivity index (χ1n) is 6.90. The van der Waals surface area contributed by atoms with Crippen molar-refractivity contribution in [2.45, 2.75) is 19.8 Å². The molecule has 0 N–H and O–H groups in total. The van der Waals surface area contributed by atoms with Gasteiger partial charge in [-0.3, -0.25) is 4.90 Å². The predicted octanol–water partition coefficient (Wildman–Crippen LogP) is 2.35. The van der Waals surface area contributed by atoms with Crippen LogP contribution in [0.5, 0.6) is 5.75 Å². The van der Waals surface area contributed by atoms with Gasteiger partial charge in [-0.25, -0.2) is 0 Å². The molecule has 0 aromatic heterocycles. The van der Waals surface area contributed by atoms with Gasteiger partial charge in [-0.2, -0.15) is 0 Å². The topological polar surface area (TPSA) is 21.7 Å². The fourth-order valence-electron chi connectivity index (χ4n) is 2.29. The van der Waals surface area contributed by atoms with Gasteiger partial charge in [0, 0.05) is 13.1 Å². The molecule has 0 saturated carbocycles. The first-order chi connectivity index (χ1) is 8.88. The highest BCUT2D eigenvalue weighted by Gasteiger charge is 2.09. The standard InChI is InChI=1S/C15H23NO2/c1-2-18-15-7-3-5-14(13-15)6-4-8-16-9-11-17-12-10-16/h3,5,7,13H,2,4,6,8-12H2,1H3. The fourth-order valence-corrected chi connectivity index (χ4v) is 2.29. The number of benzene rings is 1. The fraction of sp³-hybridized carbons (Fsp3) is 0.600. The molecule has 0 amide bonds. The van der Waals surface area contributed by atoms with E-state index in [1.54, 1.807) is 0 Å². The van der Waals surface area contributed by atoms with Crippen molar-refractivity contribution < 1.29 is 9.47 Å². The Morgan fingerprint density at radius 1 is 1.28 bits per heavy atom. The second kappa shape index (κ2) is 7.39. The Hall–Kier alpha value is -1.06. The molecule has 0 atom stereocenters. The maximum Gasteiger partial charge on any atom is 0.119 e. The number of nitrogens with zero attached hydrogens (tertiary/aromatic N) is 1. The molecule has 2 rings (SSSR count). The monoisotopic (exact) mass is 249 g/mol. The van der Waals surface area contributed by atoms with Crippen LogP contribution in [0.25, 0.3) is 0 Å². The first kappa shape index (κ1) is 13.4. The molecule has 0 radical (unpaired) electrons. The van der Waals surface area contributed by atoms with Crippen LogP contribution in [0.1, 0.15) is 18.9 Å². The summed E-state index contributed by atoms with van der Waals surface area (Å²) in [5.41, 5.74) is 1.37.